The van der Waals surface area contributed by atoms with Crippen molar-refractivity contribution in [3.8, 4) is 11.5 Å². The van der Waals surface area contributed by atoms with Crippen LogP contribution in [-0.4, -0.2) is 6.29 Å². The Hall–Kier alpha value is -2.16. The molecule has 17 heavy (non-hydrogen) atoms. The van der Waals surface area contributed by atoms with Gasteiger partial charge in [-0.3, -0.25) is 4.79 Å². The van der Waals surface area contributed by atoms with Gasteiger partial charge in [0, 0.05) is 5.56 Å². The van der Waals surface area contributed by atoms with Crippen LogP contribution in [0.5, 0.6) is 11.5 Å². The summed E-state index contributed by atoms with van der Waals surface area (Å²) >= 11 is 0. The second kappa shape index (κ2) is 4.78. The number of ether oxygens (including phenoxy) is 1. The maximum atomic E-state index is 13.5. The van der Waals surface area contributed by atoms with Crippen molar-refractivity contribution < 1.29 is 13.9 Å². The smallest absolute Gasteiger partial charge is 0.165 e. The van der Waals surface area contributed by atoms with Crippen LogP contribution in [0.15, 0.2) is 42.5 Å². The topological polar surface area (TPSA) is 26.3 Å². The third-order valence-electron chi connectivity index (χ3n) is 2.33. The number of hydrogen-bond acceptors (Lipinski definition) is 2. The third-order valence-corrected chi connectivity index (χ3v) is 2.33. The molecule has 0 unspecified atom stereocenters. The molecule has 0 aliphatic rings. The Labute approximate surface area is 98.7 Å². The van der Waals surface area contributed by atoms with Gasteiger partial charge in [0.2, 0.25) is 0 Å². The van der Waals surface area contributed by atoms with Crippen LogP contribution in [-0.2, 0) is 0 Å². The van der Waals surface area contributed by atoms with Crippen molar-refractivity contribution in [2.45, 2.75) is 6.92 Å². The van der Waals surface area contributed by atoms with Crippen molar-refractivity contribution >= 4 is 6.29 Å². The molecule has 0 fully saturated rings. The van der Waals surface area contributed by atoms with Crippen molar-refractivity contribution in [2.24, 2.45) is 0 Å². The fourth-order valence-electron chi connectivity index (χ4n) is 1.43. The van der Waals surface area contributed by atoms with Crippen molar-refractivity contribution in [1.82, 2.24) is 0 Å². The van der Waals surface area contributed by atoms with E-state index in [-0.39, 0.29) is 5.75 Å². The number of hydrogen-bond donors (Lipinski definition) is 0. The standard InChI is InChI=1S/C14H11FO2/c1-10-2-7-14(13(15)8-10)17-12-5-3-11(9-16)4-6-12/h2-9H,1H3. The van der Waals surface area contributed by atoms with Crippen LogP contribution in [0, 0.1) is 12.7 Å². The SMILES string of the molecule is Cc1ccc(Oc2ccc(C=O)cc2)c(F)c1. The first-order valence-electron chi connectivity index (χ1n) is 5.18. The van der Waals surface area contributed by atoms with Crippen LogP contribution >= 0.6 is 0 Å². The van der Waals surface area contributed by atoms with Gasteiger partial charge in [0.25, 0.3) is 0 Å². The Bertz CT molecular complexity index is 532. The largest absolute Gasteiger partial charge is 0.454 e. The molecule has 86 valence electrons. The highest BCUT2D eigenvalue weighted by atomic mass is 19.1. The summed E-state index contributed by atoms with van der Waals surface area (Å²) in [4.78, 5) is 10.5. The maximum absolute atomic E-state index is 13.5. The molecule has 2 aromatic carbocycles. The molecule has 0 spiro atoms. The minimum atomic E-state index is -0.399. The molecule has 0 bridgehead atoms. The molecule has 0 N–H and O–H groups in total. The fraction of sp³-hybridized carbons (Fsp3) is 0.0714. The third kappa shape index (κ3) is 2.69. The summed E-state index contributed by atoms with van der Waals surface area (Å²) in [5.41, 5.74) is 1.40. The van der Waals surface area contributed by atoms with Gasteiger partial charge >= 0.3 is 0 Å². The lowest BCUT2D eigenvalue weighted by molar-refractivity contribution is 0.112. The van der Waals surface area contributed by atoms with E-state index in [1.54, 1.807) is 36.4 Å². The Balaban J connectivity index is 2.22. The highest BCUT2D eigenvalue weighted by Crippen LogP contribution is 2.24. The van der Waals surface area contributed by atoms with Crippen LogP contribution in [0.25, 0.3) is 0 Å². The summed E-state index contributed by atoms with van der Waals surface area (Å²) in [5.74, 6) is 0.275. The molecule has 3 heteroatoms. The van der Waals surface area contributed by atoms with Crippen LogP contribution < -0.4 is 4.74 Å². The molecule has 0 aliphatic carbocycles. The molecule has 0 saturated carbocycles. The molecule has 0 radical (unpaired) electrons. The molecule has 0 aliphatic heterocycles. The lowest BCUT2D eigenvalue weighted by atomic mass is 10.2. The molecule has 0 atom stereocenters. The minimum absolute atomic E-state index is 0.175. The number of rotatable bonds is 3. The molecule has 0 saturated heterocycles. The minimum Gasteiger partial charge on any atom is -0.454 e. The number of carbonyl (C=O) groups excluding carboxylic acids is 1. The monoisotopic (exact) mass is 230 g/mol. The molecule has 2 aromatic rings. The van der Waals surface area contributed by atoms with E-state index in [1.807, 2.05) is 6.92 Å². The summed E-state index contributed by atoms with van der Waals surface area (Å²) in [6.07, 6.45) is 0.746. The molecule has 2 rings (SSSR count). The summed E-state index contributed by atoms with van der Waals surface area (Å²) in [6.45, 7) is 1.81. The van der Waals surface area contributed by atoms with Gasteiger partial charge in [0.05, 0.1) is 0 Å². The second-order valence-electron chi connectivity index (χ2n) is 3.72. The number of halogens is 1. The quantitative estimate of drug-likeness (QED) is 0.751. The normalized spacial score (nSPS) is 10.0. The predicted molar refractivity (Wildman–Crippen MR) is 63.0 cm³/mol. The van der Waals surface area contributed by atoms with Crippen molar-refractivity contribution in [1.29, 1.82) is 0 Å². The molecule has 0 amide bonds. The van der Waals surface area contributed by atoms with Gasteiger partial charge in [-0.1, -0.05) is 6.07 Å². The van der Waals surface area contributed by atoms with E-state index in [0.717, 1.165) is 11.8 Å². The van der Waals surface area contributed by atoms with Gasteiger partial charge in [0.1, 0.15) is 12.0 Å². The van der Waals surface area contributed by atoms with E-state index >= 15 is 0 Å². The average molecular weight is 230 g/mol. The van der Waals surface area contributed by atoms with E-state index in [9.17, 15) is 9.18 Å². The van der Waals surface area contributed by atoms with E-state index < -0.39 is 5.82 Å². The lowest BCUT2D eigenvalue weighted by Crippen LogP contribution is -1.89. The van der Waals surface area contributed by atoms with Gasteiger partial charge in [-0.25, -0.2) is 4.39 Å². The first-order valence-corrected chi connectivity index (χ1v) is 5.18. The average Bonchev–Trinajstić information content (AvgIpc) is 2.34. The predicted octanol–water partition coefficient (Wildman–Crippen LogP) is 3.74. The van der Waals surface area contributed by atoms with Crippen LogP contribution in [0.4, 0.5) is 4.39 Å². The van der Waals surface area contributed by atoms with Gasteiger partial charge in [-0.2, -0.15) is 0 Å². The van der Waals surface area contributed by atoms with Crippen LogP contribution in [0.1, 0.15) is 15.9 Å². The molecule has 0 heterocycles. The van der Waals surface area contributed by atoms with E-state index in [4.69, 9.17) is 4.74 Å². The zero-order chi connectivity index (χ0) is 12.3. The van der Waals surface area contributed by atoms with Gasteiger partial charge in [-0.15, -0.1) is 0 Å². The summed E-state index contributed by atoms with van der Waals surface area (Å²) in [6, 6.07) is 11.3. The highest BCUT2D eigenvalue weighted by Gasteiger charge is 2.04. The number of aldehydes is 1. The van der Waals surface area contributed by atoms with Gasteiger partial charge < -0.3 is 4.74 Å². The van der Waals surface area contributed by atoms with Crippen LogP contribution in [0.2, 0.25) is 0 Å². The Morgan fingerprint density at radius 2 is 1.82 bits per heavy atom. The lowest BCUT2D eigenvalue weighted by Gasteiger charge is -2.07. The Morgan fingerprint density at radius 1 is 1.12 bits per heavy atom. The summed E-state index contributed by atoms with van der Waals surface area (Å²) in [5, 5.41) is 0. The molecule has 2 nitrogen and oxygen atoms in total. The number of benzene rings is 2. The molecular weight excluding hydrogens is 219 g/mol. The second-order valence-corrected chi connectivity index (χ2v) is 3.72. The first-order chi connectivity index (χ1) is 8.19. The number of carbonyl (C=O) groups is 1. The highest BCUT2D eigenvalue weighted by molar-refractivity contribution is 5.74. The first kappa shape index (κ1) is 11.3. The summed E-state index contributed by atoms with van der Waals surface area (Å²) < 4.78 is 18.9. The van der Waals surface area contributed by atoms with Gasteiger partial charge in [-0.05, 0) is 48.9 Å². The van der Waals surface area contributed by atoms with Crippen molar-refractivity contribution in [3.05, 3.63) is 59.4 Å². The van der Waals surface area contributed by atoms with Crippen molar-refractivity contribution in [3.63, 3.8) is 0 Å². The van der Waals surface area contributed by atoms with Crippen molar-refractivity contribution in [2.75, 3.05) is 0 Å². The molecular formula is C14H11FO2. The van der Waals surface area contributed by atoms with Gasteiger partial charge in [0.15, 0.2) is 11.6 Å². The zero-order valence-corrected chi connectivity index (χ0v) is 9.31. The zero-order valence-electron chi connectivity index (χ0n) is 9.31. The maximum Gasteiger partial charge on any atom is 0.165 e. The summed E-state index contributed by atoms with van der Waals surface area (Å²) in [7, 11) is 0. The van der Waals surface area contributed by atoms with E-state index in [2.05, 4.69) is 0 Å². The number of aryl methyl sites for hydroxylation is 1. The Kier molecular flexibility index (Phi) is 3.19. The van der Waals surface area contributed by atoms with E-state index in [1.165, 1.54) is 6.07 Å². The molecule has 0 aromatic heterocycles. The van der Waals surface area contributed by atoms with E-state index in [0.29, 0.717) is 11.3 Å². The van der Waals surface area contributed by atoms with Crippen LogP contribution in [0.3, 0.4) is 0 Å². The Morgan fingerprint density at radius 3 is 2.41 bits per heavy atom. The fourth-order valence-corrected chi connectivity index (χ4v) is 1.43.